The molecule has 1 unspecified atom stereocenters. The molecule has 0 aromatic carbocycles. The highest BCUT2D eigenvalue weighted by atomic mass is 127. The van der Waals surface area contributed by atoms with Gasteiger partial charge in [0.25, 0.3) is 0 Å². The molecule has 1 heterocycles. The minimum absolute atomic E-state index is 0. The molecule has 0 aliphatic carbocycles. The second-order valence-corrected chi connectivity index (χ2v) is 6.71. The first kappa shape index (κ1) is 25.4. The molecule has 1 rings (SSSR count). The molecule has 1 saturated heterocycles. The first-order valence-corrected chi connectivity index (χ1v) is 9.69. The third-order valence-electron chi connectivity index (χ3n) is 4.28. The van der Waals surface area contributed by atoms with Gasteiger partial charge in [0.05, 0.1) is 19.8 Å². The standard InChI is InChI=1S/C18H37N5O2.HI/c1-5-8-20-17(24)7-9-21-18(19-6-2)22-14-16(15(3)4)23-10-12-25-13-11-23;/h15-16H,5-14H2,1-4H3,(H,20,24)(H2,19,21,22);1H. The molecule has 0 spiro atoms. The molecule has 0 radical (unpaired) electrons. The fourth-order valence-corrected chi connectivity index (χ4v) is 2.83. The van der Waals surface area contributed by atoms with E-state index in [-0.39, 0.29) is 29.9 Å². The van der Waals surface area contributed by atoms with Crippen LogP contribution in [0.4, 0.5) is 0 Å². The summed E-state index contributed by atoms with van der Waals surface area (Å²) in [6, 6.07) is 0.409. The Balaban J connectivity index is 0.00000625. The van der Waals surface area contributed by atoms with Crippen LogP contribution in [0.3, 0.4) is 0 Å². The zero-order chi connectivity index (χ0) is 18.5. The van der Waals surface area contributed by atoms with E-state index in [9.17, 15) is 4.79 Å². The van der Waals surface area contributed by atoms with E-state index in [0.717, 1.165) is 58.3 Å². The van der Waals surface area contributed by atoms with E-state index in [0.29, 0.717) is 24.9 Å². The van der Waals surface area contributed by atoms with Crippen molar-refractivity contribution in [3.8, 4) is 0 Å². The van der Waals surface area contributed by atoms with Gasteiger partial charge in [0.1, 0.15) is 0 Å². The Morgan fingerprint density at radius 3 is 2.38 bits per heavy atom. The van der Waals surface area contributed by atoms with Gasteiger partial charge in [-0.05, 0) is 19.3 Å². The molecule has 3 N–H and O–H groups in total. The molecule has 0 aromatic rings. The van der Waals surface area contributed by atoms with Gasteiger partial charge in [-0.3, -0.25) is 14.7 Å². The van der Waals surface area contributed by atoms with Gasteiger partial charge in [-0.1, -0.05) is 20.8 Å². The Morgan fingerprint density at radius 1 is 1.12 bits per heavy atom. The highest BCUT2D eigenvalue weighted by Gasteiger charge is 2.23. The van der Waals surface area contributed by atoms with E-state index >= 15 is 0 Å². The van der Waals surface area contributed by atoms with E-state index in [1.54, 1.807) is 0 Å². The third kappa shape index (κ3) is 10.5. The first-order valence-electron chi connectivity index (χ1n) is 9.69. The van der Waals surface area contributed by atoms with Gasteiger partial charge in [-0.25, -0.2) is 0 Å². The van der Waals surface area contributed by atoms with Crippen LogP contribution in [0.25, 0.3) is 0 Å². The number of nitrogens with zero attached hydrogens (tertiary/aromatic N) is 2. The van der Waals surface area contributed by atoms with Crippen LogP contribution >= 0.6 is 24.0 Å². The normalized spacial score (nSPS) is 16.7. The molecule has 26 heavy (non-hydrogen) atoms. The molecule has 0 bridgehead atoms. The number of hydrogen-bond donors (Lipinski definition) is 3. The predicted molar refractivity (Wildman–Crippen MR) is 118 cm³/mol. The predicted octanol–water partition coefficient (Wildman–Crippen LogP) is 1.43. The van der Waals surface area contributed by atoms with Crippen molar-refractivity contribution in [3.63, 3.8) is 0 Å². The van der Waals surface area contributed by atoms with E-state index < -0.39 is 0 Å². The fraction of sp³-hybridized carbons (Fsp3) is 0.889. The molecule has 1 fully saturated rings. The summed E-state index contributed by atoms with van der Waals surface area (Å²) in [6.45, 7) is 15.0. The Bertz CT molecular complexity index is 401. The number of rotatable bonds is 10. The monoisotopic (exact) mass is 483 g/mol. The lowest BCUT2D eigenvalue weighted by atomic mass is 10.0. The smallest absolute Gasteiger partial charge is 0.221 e. The maximum atomic E-state index is 11.7. The zero-order valence-electron chi connectivity index (χ0n) is 16.8. The third-order valence-corrected chi connectivity index (χ3v) is 4.28. The maximum Gasteiger partial charge on any atom is 0.221 e. The molecule has 0 saturated carbocycles. The van der Waals surface area contributed by atoms with Crippen molar-refractivity contribution < 1.29 is 9.53 Å². The van der Waals surface area contributed by atoms with E-state index in [4.69, 9.17) is 9.73 Å². The topological polar surface area (TPSA) is 78.0 Å². The number of aliphatic imine (C=N–C) groups is 1. The van der Waals surface area contributed by atoms with Crippen LogP contribution in [-0.2, 0) is 9.53 Å². The molecule has 1 aliphatic rings. The van der Waals surface area contributed by atoms with Crippen LogP contribution < -0.4 is 16.0 Å². The first-order chi connectivity index (χ1) is 12.1. The van der Waals surface area contributed by atoms with Crippen molar-refractivity contribution in [2.45, 2.75) is 46.6 Å². The quantitative estimate of drug-likeness (QED) is 0.249. The molecular weight excluding hydrogens is 445 g/mol. The summed E-state index contributed by atoms with van der Waals surface area (Å²) in [6.07, 6.45) is 1.42. The van der Waals surface area contributed by atoms with Crippen LogP contribution in [0.1, 0.15) is 40.5 Å². The highest BCUT2D eigenvalue weighted by molar-refractivity contribution is 14.0. The van der Waals surface area contributed by atoms with Gasteiger partial charge >= 0.3 is 0 Å². The number of guanidine groups is 1. The molecule has 1 atom stereocenters. The number of nitrogens with one attached hydrogen (secondary N) is 3. The Morgan fingerprint density at radius 2 is 1.81 bits per heavy atom. The van der Waals surface area contributed by atoms with Gasteiger partial charge in [-0.2, -0.15) is 0 Å². The number of carbonyl (C=O) groups is 1. The number of morpholine rings is 1. The van der Waals surface area contributed by atoms with Crippen LogP contribution in [0.5, 0.6) is 0 Å². The minimum atomic E-state index is 0. The average Bonchev–Trinajstić information content (AvgIpc) is 2.60. The van der Waals surface area contributed by atoms with Gasteiger partial charge in [0, 0.05) is 45.2 Å². The van der Waals surface area contributed by atoms with Crippen molar-refractivity contribution in [2.75, 3.05) is 52.5 Å². The molecule has 1 amide bonds. The highest BCUT2D eigenvalue weighted by Crippen LogP contribution is 2.13. The van der Waals surface area contributed by atoms with Gasteiger partial charge in [0.15, 0.2) is 5.96 Å². The molecule has 1 aliphatic heterocycles. The number of carbonyl (C=O) groups excluding carboxylic acids is 1. The summed E-state index contributed by atoms with van der Waals surface area (Å²) in [5.41, 5.74) is 0. The Hall–Kier alpha value is -0.610. The van der Waals surface area contributed by atoms with Crippen LogP contribution in [0.15, 0.2) is 4.99 Å². The second kappa shape index (κ2) is 15.4. The van der Waals surface area contributed by atoms with Gasteiger partial charge < -0.3 is 20.7 Å². The average molecular weight is 483 g/mol. The molecule has 7 nitrogen and oxygen atoms in total. The Kier molecular flexibility index (Phi) is 15.1. The summed E-state index contributed by atoms with van der Waals surface area (Å²) in [5, 5.41) is 9.41. The lowest BCUT2D eigenvalue weighted by Gasteiger charge is -2.36. The molecule has 0 aromatic heterocycles. The summed E-state index contributed by atoms with van der Waals surface area (Å²) in [5.74, 6) is 1.40. The summed E-state index contributed by atoms with van der Waals surface area (Å²) in [4.78, 5) is 18.9. The van der Waals surface area contributed by atoms with Crippen molar-refractivity contribution in [1.29, 1.82) is 0 Å². The second-order valence-electron chi connectivity index (χ2n) is 6.71. The molecule has 154 valence electrons. The summed E-state index contributed by atoms with van der Waals surface area (Å²) in [7, 11) is 0. The lowest BCUT2D eigenvalue weighted by molar-refractivity contribution is -0.120. The van der Waals surface area contributed by atoms with E-state index in [2.05, 4.69) is 34.7 Å². The summed E-state index contributed by atoms with van der Waals surface area (Å²) < 4.78 is 5.46. The van der Waals surface area contributed by atoms with Crippen molar-refractivity contribution in [1.82, 2.24) is 20.9 Å². The molecule has 8 heteroatoms. The number of ether oxygens (including phenoxy) is 1. The van der Waals surface area contributed by atoms with Crippen LogP contribution in [-0.4, -0.2) is 75.3 Å². The Labute approximate surface area is 176 Å². The summed E-state index contributed by atoms with van der Waals surface area (Å²) >= 11 is 0. The fourth-order valence-electron chi connectivity index (χ4n) is 2.83. The van der Waals surface area contributed by atoms with E-state index in [1.165, 1.54) is 0 Å². The van der Waals surface area contributed by atoms with Gasteiger partial charge in [0.2, 0.25) is 5.91 Å². The maximum absolute atomic E-state index is 11.7. The minimum Gasteiger partial charge on any atom is -0.379 e. The van der Waals surface area contributed by atoms with Crippen molar-refractivity contribution in [2.24, 2.45) is 10.9 Å². The van der Waals surface area contributed by atoms with Crippen LogP contribution in [0.2, 0.25) is 0 Å². The largest absolute Gasteiger partial charge is 0.379 e. The zero-order valence-corrected chi connectivity index (χ0v) is 19.2. The van der Waals surface area contributed by atoms with Crippen molar-refractivity contribution >= 4 is 35.8 Å². The van der Waals surface area contributed by atoms with Gasteiger partial charge in [-0.15, -0.1) is 24.0 Å². The van der Waals surface area contributed by atoms with Crippen LogP contribution in [0, 0.1) is 5.92 Å². The lowest BCUT2D eigenvalue weighted by Crippen LogP contribution is -2.48. The molecular formula is C18H38IN5O2. The SMILES string of the molecule is CCCNC(=O)CCNC(=NCC(C(C)C)N1CCOCC1)NCC.I. The number of amides is 1. The van der Waals surface area contributed by atoms with E-state index in [1.807, 2.05) is 13.8 Å². The number of hydrogen-bond acceptors (Lipinski definition) is 4. The van der Waals surface area contributed by atoms with Crippen molar-refractivity contribution in [3.05, 3.63) is 0 Å². The number of halogens is 1.